The number of rotatable bonds is 8. The van der Waals surface area contributed by atoms with E-state index in [1.54, 1.807) is 28.2 Å². The van der Waals surface area contributed by atoms with Crippen molar-refractivity contribution in [2.75, 3.05) is 81.5 Å². The molecule has 0 aromatic rings. The summed E-state index contributed by atoms with van der Waals surface area (Å²) in [6.07, 6.45) is 1.09. The summed E-state index contributed by atoms with van der Waals surface area (Å²) in [7, 11) is 12.7. The Morgan fingerprint density at radius 1 is 0.567 bits per heavy atom. The van der Waals surface area contributed by atoms with Gasteiger partial charge in [-0.3, -0.25) is 0 Å². The van der Waals surface area contributed by atoms with Crippen LogP contribution in [-0.4, -0.2) is 125 Å². The first kappa shape index (κ1) is 28.2. The van der Waals surface area contributed by atoms with Gasteiger partial charge in [-0.1, -0.05) is 0 Å². The number of hydrogen-bond donors (Lipinski definition) is 4. The van der Waals surface area contributed by atoms with Crippen molar-refractivity contribution in [2.24, 2.45) is 0 Å². The molecule has 0 aliphatic carbocycles. The van der Waals surface area contributed by atoms with Crippen LogP contribution in [0.15, 0.2) is 0 Å². The molecule has 176 valence electrons. The Hall–Kier alpha value is -1.76. The van der Waals surface area contributed by atoms with Crippen LogP contribution in [0, 0.1) is 0 Å². The van der Waals surface area contributed by atoms with Crippen LogP contribution in [0.1, 0.15) is 0 Å². The Kier molecular flexibility index (Phi) is 10.9. The van der Waals surface area contributed by atoms with E-state index in [2.05, 4.69) is 43.3 Å². The maximum absolute atomic E-state index is 12.3. The molecule has 0 saturated carbocycles. The molecule has 30 heavy (non-hydrogen) atoms. The molecule has 0 aliphatic heterocycles. The second-order valence-corrected chi connectivity index (χ2v) is 20.4. The van der Waals surface area contributed by atoms with E-state index >= 15 is 0 Å². The topological polar surface area (TPSA) is 129 Å². The summed E-state index contributed by atoms with van der Waals surface area (Å²) in [6.45, 7) is 0. The van der Waals surface area contributed by atoms with Gasteiger partial charge in [-0.05, 0) is 0 Å². The first-order valence-electron chi connectivity index (χ1n) is 9.20. The summed E-state index contributed by atoms with van der Waals surface area (Å²) >= 11 is 2.31. The number of carbonyl (C=O) groups excluding carboxylic acids is 4. The van der Waals surface area contributed by atoms with Gasteiger partial charge in [-0.2, -0.15) is 0 Å². The van der Waals surface area contributed by atoms with E-state index < -0.39 is 4.25 Å². The molecule has 0 heterocycles. The minimum atomic E-state index is -3.24. The van der Waals surface area contributed by atoms with Gasteiger partial charge in [0.05, 0.1) is 0 Å². The van der Waals surface area contributed by atoms with E-state index in [1.165, 1.54) is 47.8 Å². The van der Waals surface area contributed by atoms with E-state index in [-0.39, 0.29) is 49.3 Å². The molecular weight excluding hydrogens is 526 g/mol. The first-order valence-corrected chi connectivity index (χ1v) is 15.0. The van der Waals surface area contributed by atoms with E-state index in [0.29, 0.717) is 0 Å². The van der Waals surface area contributed by atoms with Gasteiger partial charge in [0.2, 0.25) is 0 Å². The zero-order valence-electron chi connectivity index (χ0n) is 19.1. The molecule has 0 rings (SSSR count). The number of nitrogens with one attached hydrogen (secondary N) is 4. The molecule has 14 heteroatoms. The van der Waals surface area contributed by atoms with Crippen LogP contribution in [0.5, 0.6) is 0 Å². The molecular formula is C16H36IN8O4P. The van der Waals surface area contributed by atoms with Crippen molar-refractivity contribution in [3.8, 4) is 0 Å². The van der Waals surface area contributed by atoms with Crippen molar-refractivity contribution in [2.45, 2.75) is 0 Å². The summed E-state index contributed by atoms with van der Waals surface area (Å²) in [5.41, 5.74) is 0. The number of nitrogens with zero attached hydrogens (tertiary/aromatic N) is 4. The molecule has 0 saturated heterocycles. The fourth-order valence-corrected chi connectivity index (χ4v) is 14.2. The van der Waals surface area contributed by atoms with Crippen LogP contribution < -0.4 is 21.3 Å². The summed E-state index contributed by atoms with van der Waals surface area (Å²) in [5.74, 6) is 0. The van der Waals surface area contributed by atoms with Crippen molar-refractivity contribution in [1.29, 1.82) is 0 Å². The van der Waals surface area contributed by atoms with Crippen molar-refractivity contribution in [3.63, 3.8) is 0 Å². The molecule has 0 atom stereocenters. The average molecular weight is 562 g/mol. The van der Waals surface area contributed by atoms with Crippen LogP contribution >= 0.6 is 26.3 Å². The Morgan fingerprint density at radius 2 is 0.733 bits per heavy atom. The number of urea groups is 4. The molecule has 4 N–H and O–H groups in total. The second kappa shape index (κ2) is 11.6. The molecule has 0 unspecified atom stereocenters. The number of hydrogen-bond acceptors (Lipinski definition) is 4. The van der Waals surface area contributed by atoms with Gasteiger partial charge in [0.25, 0.3) is 0 Å². The predicted molar refractivity (Wildman–Crippen MR) is 129 cm³/mol. The van der Waals surface area contributed by atoms with Crippen LogP contribution in [0.25, 0.3) is 0 Å². The monoisotopic (exact) mass is 562 g/mol. The standard InChI is InChI=1S/C16H36IN8O4P/c1-18-13(26)22(5)9-30(17,10-23(6)14(27)19-2,11-24(7)15(28)20-3)12-25(8)16(29)21-4/h9-12H2,1-8H3,(H,18,26)(H,19,27)(H,20,28)(H,21,29). The molecule has 0 radical (unpaired) electrons. The zero-order valence-corrected chi connectivity index (χ0v) is 22.1. The van der Waals surface area contributed by atoms with E-state index in [1.807, 2.05) is 0 Å². The Bertz CT molecular complexity index is 545. The van der Waals surface area contributed by atoms with Gasteiger partial charge in [0.1, 0.15) is 0 Å². The molecule has 0 aromatic carbocycles. The average Bonchev–Trinajstić information content (AvgIpc) is 2.70. The number of amides is 8. The van der Waals surface area contributed by atoms with Gasteiger partial charge in [0, 0.05) is 0 Å². The summed E-state index contributed by atoms with van der Waals surface area (Å²) in [6, 6.07) is -1.19. The van der Waals surface area contributed by atoms with Crippen LogP contribution in [0.2, 0.25) is 0 Å². The van der Waals surface area contributed by atoms with Gasteiger partial charge in [-0.25, -0.2) is 0 Å². The Morgan fingerprint density at radius 3 is 0.867 bits per heavy atom. The summed E-state index contributed by atoms with van der Waals surface area (Å²) in [4.78, 5) is 55.4. The van der Waals surface area contributed by atoms with Crippen LogP contribution in [0.3, 0.4) is 0 Å². The Labute approximate surface area is 191 Å². The second-order valence-electron chi connectivity index (χ2n) is 7.40. The number of carbonyl (C=O) groups is 4. The Balaban J connectivity index is 6.46. The molecule has 0 fully saturated rings. The summed E-state index contributed by atoms with van der Waals surface area (Å²) < 4.78 is -3.24. The molecule has 0 spiro atoms. The van der Waals surface area contributed by atoms with E-state index in [4.69, 9.17) is 0 Å². The quantitative estimate of drug-likeness (QED) is 0.258. The molecule has 12 nitrogen and oxygen atoms in total. The van der Waals surface area contributed by atoms with Gasteiger partial charge >= 0.3 is 192 Å². The first-order chi connectivity index (χ1) is 13.8. The van der Waals surface area contributed by atoms with Crippen molar-refractivity contribution in [3.05, 3.63) is 0 Å². The normalized spacial score (nSPS) is 12.0. The van der Waals surface area contributed by atoms with Crippen molar-refractivity contribution < 1.29 is 19.2 Å². The third-order valence-electron chi connectivity index (χ3n) is 4.50. The van der Waals surface area contributed by atoms with Crippen molar-refractivity contribution in [1.82, 2.24) is 40.9 Å². The predicted octanol–water partition coefficient (Wildman–Crippen LogP) is 0.805. The van der Waals surface area contributed by atoms with Crippen LogP contribution in [0.4, 0.5) is 19.2 Å². The fourth-order valence-electron chi connectivity index (χ4n) is 3.41. The van der Waals surface area contributed by atoms with E-state index in [0.717, 1.165) is 0 Å². The zero-order chi connectivity index (χ0) is 23.7. The van der Waals surface area contributed by atoms with Gasteiger partial charge in [-0.15, -0.1) is 0 Å². The SMILES string of the molecule is CNC(=O)N(C)CP(I)(CN(C)C(=O)NC)(CN(C)C(=O)NC)CN(C)C(=O)NC. The van der Waals surface area contributed by atoms with Gasteiger partial charge in [0.15, 0.2) is 0 Å². The van der Waals surface area contributed by atoms with Gasteiger partial charge < -0.3 is 0 Å². The maximum atomic E-state index is 12.3. The fraction of sp³-hybridized carbons (Fsp3) is 0.750. The number of halogens is 1. The summed E-state index contributed by atoms with van der Waals surface area (Å²) in [5, 5.41) is 10.4. The molecule has 0 bridgehead atoms. The minimum absolute atomic E-state index is 0.274. The van der Waals surface area contributed by atoms with Crippen molar-refractivity contribution >= 4 is 50.4 Å². The molecule has 0 aromatic heterocycles. The van der Waals surface area contributed by atoms with Crippen LogP contribution in [-0.2, 0) is 0 Å². The molecule has 0 aliphatic rings. The van der Waals surface area contributed by atoms with E-state index in [9.17, 15) is 19.2 Å². The third kappa shape index (κ3) is 7.82. The third-order valence-corrected chi connectivity index (χ3v) is 12.7. The molecule has 8 amide bonds.